The Bertz CT molecular complexity index is 698. The molecular weight excluding hydrogens is 320 g/mol. The van der Waals surface area contributed by atoms with Crippen LogP contribution >= 0.6 is 0 Å². The first-order valence-electron chi connectivity index (χ1n) is 9.80. The second kappa shape index (κ2) is 8.88. The van der Waals surface area contributed by atoms with Crippen molar-refractivity contribution in [2.45, 2.75) is 46.0 Å². The number of nitrogens with zero attached hydrogens (tertiary/aromatic N) is 1. The van der Waals surface area contributed by atoms with E-state index >= 15 is 0 Å². The lowest BCUT2D eigenvalue weighted by Gasteiger charge is -2.32. The van der Waals surface area contributed by atoms with E-state index < -0.39 is 0 Å². The van der Waals surface area contributed by atoms with Crippen LogP contribution in [0.3, 0.4) is 0 Å². The third-order valence-electron chi connectivity index (χ3n) is 5.29. The van der Waals surface area contributed by atoms with Crippen LogP contribution in [0, 0.1) is 12.8 Å². The van der Waals surface area contributed by atoms with Gasteiger partial charge in [-0.1, -0.05) is 36.8 Å². The summed E-state index contributed by atoms with van der Waals surface area (Å²) in [4.78, 5) is 14.6. The summed E-state index contributed by atoms with van der Waals surface area (Å²) in [7, 11) is 0. The predicted molar refractivity (Wildman–Crippen MR) is 110 cm³/mol. The molecule has 0 saturated carbocycles. The van der Waals surface area contributed by atoms with Crippen LogP contribution in [0.4, 0.5) is 11.4 Å². The van der Waals surface area contributed by atoms with Crippen molar-refractivity contribution in [2.24, 2.45) is 5.92 Å². The Labute approximate surface area is 157 Å². The molecule has 0 bridgehead atoms. The van der Waals surface area contributed by atoms with Gasteiger partial charge in [-0.3, -0.25) is 4.79 Å². The highest BCUT2D eigenvalue weighted by atomic mass is 16.1. The van der Waals surface area contributed by atoms with E-state index in [1.165, 1.54) is 29.7 Å². The molecule has 1 fully saturated rings. The highest BCUT2D eigenvalue weighted by molar-refractivity contribution is 5.90. The van der Waals surface area contributed by atoms with Crippen molar-refractivity contribution in [3.05, 3.63) is 59.7 Å². The van der Waals surface area contributed by atoms with E-state index in [1.807, 2.05) is 12.1 Å². The smallest absolute Gasteiger partial charge is 0.224 e. The second-order valence-corrected chi connectivity index (χ2v) is 7.60. The van der Waals surface area contributed by atoms with Crippen LogP contribution in [0.15, 0.2) is 48.5 Å². The number of carbonyl (C=O) groups excluding carboxylic acids is 1. The number of carbonyl (C=O) groups is 1. The quantitative estimate of drug-likeness (QED) is 0.777. The maximum Gasteiger partial charge on any atom is 0.224 e. The van der Waals surface area contributed by atoms with Gasteiger partial charge < -0.3 is 10.2 Å². The number of anilines is 2. The van der Waals surface area contributed by atoms with Crippen LogP contribution in [0.1, 0.15) is 43.7 Å². The van der Waals surface area contributed by atoms with Crippen molar-refractivity contribution < 1.29 is 4.79 Å². The first-order valence-corrected chi connectivity index (χ1v) is 9.80. The van der Waals surface area contributed by atoms with Gasteiger partial charge in [0.15, 0.2) is 0 Å². The van der Waals surface area contributed by atoms with Crippen LogP contribution in [0.2, 0.25) is 0 Å². The lowest BCUT2D eigenvalue weighted by Crippen LogP contribution is -2.32. The van der Waals surface area contributed by atoms with E-state index in [-0.39, 0.29) is 5.91 Å². The Morgan fingerprint density at radius 3 is 2.35 bits per heavy atom. The molecule has 0 unspecified atom stereocenters. The summed E-state index contributed by atoms with van der Waals surface area (Å²) in [6, 6.07) is 16.8. The van der Waals surface area contributed by atoms with E-state index in [0.717, 1.165) is 37.5 Å². The number of hydrogen-bond acceptors (Lipinski definition) is 2. The van der Waals surface area contributed by atoms with Crippen LogP contribution < -0.4 is 10.2 Å². The van der Waals surface area contributed by atoms with Crippen LogP contribution in [0.5, 0.6) is 0 Å². The van der Waals surface area contributed by atoms with Gasteiger partial charge in [0.05, 0.1) is 0 Å². The maximum absolute atomic E-state index is 12.2. The fraction of sp³-hybridized carbons (Fsp3) is 0.435. The van der Waals surface area contributed by atoms with Crippen molar-refractivity contribution in [3.63, 3.8) is 0 Å². The van der Waals surface area contributed by atoms with Gasteiger partial charge in [-0.05, 0) is 68.4 Å². The molecule has 0 spiro atoms. The predicted octanol–water partition coefficient (Wildman–Crippen LogP) is 5.19. The number of hydrogen-bond donors (Lipinski definition) is 1. The average Bonchev–Trinajstić information content (AvgIpc) is 2.65. The molecule has 0 atom stereocenters. The van der Waals surface area contributed by atoms with Crippen molar-refractivity contribution in [3.8, 4) is 0 Å². The summed E-state index contributed by atoms with van der Waals surface area (Å²) < 4.78 is 0. The molecule has 2 aromatic carbocycles. The molecule has 3 rings (SSSR count). The Morgan fingerprint density at radius 1 is 1.04 bits per heavy atom. The zero-order valence-electron chi connectivity index (χ0n) is 16.0. The molecule has 3 heteroatoms. The van der Waals surface area contributed by atoms with Crippen LogP contribution in [0.25, 0.3) is 0 Å². The maximum atomic E-state index is 12.2. The highest BCUT2D eigenvalue weighted by Gasteiger charge is 2.15. The number of nitrogens with one attached hydrogen (secondary N) is 1. The number of piperidine rings is 1. The highest BCUT2D eigenvalue weighted by Crippen LogP contribution is 2.24. The Morgan fingerprint density at radius 2 is 1.69 bits per heavy atom. The summed E-state index contributed by atoms with van der Waals surface area (Å²) in [5.74, 6) is 0.932. The monoisotopic (exact) mass is 350 g/mol. The topological polar surface area (TPSA) is 32.3 Å². The molecule has 1 N–H and O–H groups in total. The SMILES string of the molecule is Cc1ccc(CCCC(=O)Nc2ccc(N3CCC(C)CC3)cc2)cc1. The molecule has 0 radical (unpaired) electrons. The molecule has 1 aliphatic rings. The van der Waals surface area contributed by atoms with Gasteiger partial charge in [0.2, 0.25) is 5.91 Å². The lowest BCUT2D eigenvalue weighted by molar-refractivity contribution is -0.116. The van der Waals surface area contributed by atoms with Crippen LogP contribution in [-0.2, 0) is 11.2 Å². The van der Waals surface area contributed by atoms with Gasteiger partial charge in [-0.25, -0.2) is 0 Å². The largest absolute Gasteiger partial charge is 0.372 e. The molecular formula is C23H30N2O. The zero-order chi connectivity index (χ0) is 18.4. The molecule has 138 valence electrons. The molecule has 3 nitrogen and oxygen atoms in total. The van der Waals surface area contributed by atoms with Gasteiger partial charge in [-0.2, -0.15) is 0 Å². The molecule has 0 aromatic heterocycles. The molecule has 2 aromatic rings. The summed E-state index contributed by atoms with van der Waals surface area (Å²) >= 11 is 0. The average molecular weight is 351 g/mol. The minimum atomic E-state index is 0.0941. The fourth-order valence-electron chi connectivity index (χ4n) is 3.45. The van der Waals surface area contributed by atoms with Crippen molar-refractivity contribution in [1.82, 2.24) is 0 Å². The van der Waals surface area contributed by atoms with E-state index in [4.69, 9.17) is 0 Å². The molecule has 26 heavy (non-hydrogen) atoms. The summed E-state index contributed by atoms with van der Waals surface area (Å²) in [6.07, 6.45) is 4.90. The van der Waals surface area contributed by atoms with Gasteiger partial charge in [0.25, 0.3) is 0 Å². The minimum Gasteiger partial charge on any atom is -0.372 e. The molecule has 0 aliphatic carbocycles. The summed E-state index contributed by atoms with van der Waals surface area (Å²) in [5, 5.41) is 3.02. The van der Waals surface area contributed by atoms with E-state index in [2.05, 4.69) is 60.5 Å². The minimum absolute atomic E-state index is 0.0941. The lowest BCUT2D eigenvalue weighted by atomic mass is 9.99. The third kappa shape index (κ3) is 5.35. The summed E-state index contributed by atoms with van der Waals surface area (Å²) in [6.45, 7) is 6.68. The van der Waals surface area contributed by atoms with E-state index in [0.29, 0.717) is 6.42 Å². The fourth-order valence-corrected chi connectivity index (χ4v) is 3.45. The van der Waals surface area contributed by atoms with Crippen molar-refractivity contribution >= 4 is 17.3 Å². The summed E-state index contributed by atoms with van der Waals surface area (Å²) in [5.41, 5.74) is 4.71. The Hall–Kier alpha value is -2.29. The third-order valence-corrected chi connectivity index (χ3v) is 5.29. The zero-order valence-corrected chi connectivity index (χ0v) is 16.0. The van der Waals surface area contributed by atoms with Gasteiger partial charge in [0.1, 0.15) is 0 Å². The van der Waals surface area contributed by atoms with Gasteiger partial charge >= 0.3 is 0 Å². The number of amides is 1. The molecule has 1 aliphatic heterocycles. The number of aryl methyl sites for hydroxylation is 2. The molecule has 1 saturated heterocycles. The van der Waals surface area contributed by atoms with Crippen molar-refractivity contribution in [1.29, 1.82) is 0 Å². The second-order valence-electron chi connectivity index (χ2n) is 7.60. The van der Waals surface area contributed by atoms with Crippen LogP contribution in [-0.4, -0.2) is 19.0 Å². The Balaban J connectivity index is 1.43. The normalized spacial score (nSPS) is 15.1. The van der Waals surface area contributed by atoms with Crippen molar-refractivity contribution in [2.75, 3.05) is 23.3 Å². The van der Waals surface area contributed by atoms with Gasteiger partial charge in [-0.15, -0.1) is 0 Å². The number of benzene rings is 2. The Kier molecular flexibility index (Phi) is 6.32. The first-order chi connectivity index (χ1) is 12.6. The first kappa shape index (κ1) is 18.5. The van der Waals surface area contributed by atoms with Gasteiger partial charge in [0, 0.05) is 30.9 Å². The van der Waals surface area contributed by atoms with E-state index in [9.17, 15) is 4.79 Å². The standard InChI is InChI=1S/C23H30N2O/c1-18-6-8-20(9-7-18)4-3-5-23(26)24-21-10-12-22(13-11-21)25-16-14-19(2)15-17-25/h6-13,19H,3-5,14-17H2,1-2H3,(H,24,26). The molecule has 1 heterocycles. The molecule has 1 amide bonds. The van der Waals surface area contributed by atoms with E-state index in [1.54, 1.807) is 0 Å². The number of rotatable bonds is 6.